The average molecular weight is 430 g/mol. The summed E-state index contributed by atoms with van der Waals surface area (Å²) in [6.45, 7) is 6.10. The van der Waals surface area contributed by atoms with Crippen LogP contribution < -0.4 is 10.6 Å². The van der Waals surface area contributed by atoms with Crippen molar-refractivity contribution in [2.45, 2.75) is 38.1 Å². The van der Waals surface area contributed by atoms with Gasteiger partial charge in [0.25, 0.3) is 0 Å². The largest absolute Gasteiger partial charge is 0.458 e. The molecule has 0 atom stereocenters. The van der Waals surface area contributed by atoms with E-state index < -0.39 is 0 Å². The molecule has 29 heavy (non-hydrogen) atoms. The monoisotopic (exact) mass is 429 g/mol. The maximum Gasteiger partial charge on any atom is 0.236 e. The summed E-state index contributed by atoms with van der Waals surface area (Å²) in [7, 11) is 0. The lowest BCUT2D eigenvalue weighted by molar-refractivity contribution is -0.119. The van der Waals surface area contributed by atoms with Crippen LogP contribution in [0.5, 0.6) is 0 Å². The second kappa shape index (κ2) is 9.76. The van der Waals surface area contributed by atoms with Crippen molar-refractivity contribution in [2.24, 2.45) is 0 Å². The van der Waals surface area contributed by atoms with Crippen molar-refractivity contribution >= 4 is 40.0 Å². The summed E-state index contributed by atoms with van der Waals surface area (Å²) in [6.07, 6.45) is 0. The quantitative estimate of drug-likeness (QED) is 0.498. The average Bonchev–Trinajstić information content (AvgIpc) is 3.34. The molecule has 6 nitrogen and oxygen atoms in total. The van der Waals surface area contributed by atoms with Crippen LogP contribution in [0.3, 0.4) is 0 Å². The predicted octanol–water partition coefficient (Wildman–Crippen LogP) is 4.89. The molecule has 3 rings (SSSR count). The van der Waals surface area contributed by atoms with Gasteiger partial charge in [0.15, 0.2) is 10.9 Å². The molecule has 3 aromatic rings. The molecular weight excluding hydrogens is 406 g/mol. The van der Waals surface area contributed by atoms with Gasteiger partial charge in [0.2, 0.25) is 11.8 Å². The van der Waals surface area contributed by atoms with E-state index in [-0.39, 0.29) is 11.8 Å². The van der Waals surface area contributed by atoms with E-state index in [9.17, 15) is 9.59 Å². The first-order valence-corrected chi connectivity index (χ1v) is 11.1. The smallest absolute Gasteiger partial charge is 0.236 e. The highest BCUT2D eigenvalue weighted by atomic mass is 32.2. The van der Waals surface area contributed by atoms with Crippen LogP contribution in [0.1, 0.15) is 38.0 Å². The van der Waals surface area contributed by atoms with Gasteiger partial charge in [-0.15, -0.1) is 23.1 Å². The maximum atomic E-state index is 12.2. The number of benzene rings is 1. The van der Waals surface area contributed by atoms with Gasteiger partial charge in [-0.05, 0) is 35.7 Å². The molecule has 0 radical (unpaired) electrons. The summed E-state index contributed by atoms with van der Waals surface area (Å²) >= 11 is 2.84. The number of thioether (sulfide) groups is 1. The Morgan fingerprint density at radius 2 is 1.93 bits per heavy atom. The number of aromatic nitrogens is 1. The number of furan rings is 1. The molecule has 0 aliphatic heterocycles. The van der Waals surface area contributed by atoms with Gasteiger partial charge >= 0.3 is 0 Å². The lowest BCUT2D eigenvalue weighted by Crippen LogP contribution is -2.18. The van der Waals surface area contributed by atoms with E-state index in [1.807, 2.05) is 17.5 Å². The maximum absolute atomic E-state index is 12.2. The summed E-state index contributed by atoms with van der Waals surface area (Å²) < 4.78 is 5.68. The minimum absolute atomic E-state index is 0.102. The first-order chi connectivity index (χ1) is 13.9. The van der Waals surface area contributed by atoms with Crippen molar-refractivity contribution in [1.82, 2.24) is 10.3 Å². The second-order valence-electron chi connectivity index (χ2n) is 6.77. The third-order valence-electron chi connectivity index (χ3n) is 4.09. The number of carbonyl (C=O) groups excluding carboxylic acids is 2. The lowest BCUT2D eigenvalue weighted by atomic mass is 10.0. The summed E-state index contributed by atoms with van der Waals surface area (Å²) in [5.74, 6) is 1.84. The number of hydrogen-bond donors (Lipinski definition) is 2. The van der Waals surface area contributed by atoms with Crippen molar-refractivity contribution in [3.8, 4) is 11.5 Å². The Bertz CT molecular complexity index is 977. The number of thiazole rings is 1. The summed E-state index contributed by atoms with van der Waals surface area (Å²) in [6, 6.07) is 11.9. The van der Waals surface area contributed by atoms with Crippen LogP contribution in [-0.2, 0) is 16.1 Å². The van der Waals surface area contributed by atoms with Crippen LogP contribution in [0.4, 0.5) is 5.13 Å². The van der Waals surface area contributed by atoms with E-state index in [2.05, 4.69) is 41.6 Å². The van der Waals surface area contributed by atoms with Gasteiger partial charge in [0.1, 0.15) is 11.5 Å². The number of hydrogen-bond acceptors (Lipinski definition) is 6. The van der Waals surface area contributed by atoms with Crippen LogP contribution in [0.25, 0.3) is 11.5 Å². The fraction of sp³-hybridized carbons (Fsp3) is 0.286. The Hall–Kier alpha value is -2.58. The molecule has 0 fully saturated rings. The highest BCUT2D eigenvalue weighted by Crippen LogP contribution is 2.27. The Labute approximate surface area is 178 Å². The van der Waals surface area contributed by atoms with E-state index in [4.69, 9.17) is 4.42 Å². The molecule has 0 bridgehead atoms. The van der Waals surface area contributed by atoms with E-state index in [1.165, 1.54) is 35.6 Å². The Morgan fingerprint density at radius 3 is 2.62 bits per heavy atom. The van der Waals surface area contributed by atoms with Crippen molar-refractivity contribution in [3.05, 3.63) is 53.1 Å². The normalized spacial score (nSPS) is 10.9. The van der Waals surface area contributed by atoms with E-state index in [1.54, 1.807) is 12.1 Å². The summed E-state index contributed by atoms with van der Waals surface area (Å²) in [4.78, 5) is 28.7. The fourth-order valence-corrected chi connectivity index (χ4v) is 3.93. The predicted molar refractivity (Wildman–Crippen MR) is 117 cm³/mol. The van der Waals surface area contributed by atoms with Gasteiger partial charge in [0.05, 0.1) is 12.3 Å². The number of nitrogens with zero attached hydrogens (tertiary/aromatic N) is 1. The zero-order chi connectivity index (χ0) is 20.8. The molecule has 2 amide bonds. The molecule has 1 aromatic carbocycles. The number of nitrogens with one attached hydrogen (secondary N) is 2. The molecular formula is C21H23N3O3S2. The number of amides is 2. The highest BCUT2D eigenvalue weighted by Gasteiger charge is 2.12. The molecule has 2 N–H and O–H groups in total. The number of rotatable bonds is 8. The standard InChI is InChI=1S/C21H23N3O3S2/c1-13(2)15-4-7-17(8-5-15)28-12-20(26)24-21-23-18(11-29-21)19-9-6-16(27-19)10-22-14(3)25/h4-9,11,13H,10,12H2,1-3H3,(H,22,25)(H,23,24,26). The summed E-state index contributed by atoms with van der Waals surface area (Å²) in [5.41, 5.74) is 1.93. The van der Waals surface area contributed by atoms with E-state index in [0.717, 1.165) is 4.90 Å². The van der Waals surface area contributed by atoms with Gasteiger partial charge in [0, 0.05) is 17.2 Å². The van der Waals surface area contributed by atoms with Crippen LogP contribution in [0, 0.1) is 0 Å². The van der Waals surface area contributed by atoms with Crippen molar-refractivity contribution in [2.75, 3.05) is 11.1 Å². The molecule has 0 saturated carbocycles. The van der Waals surface area contributed by atoms with Gasteiger partial charge in [-0.1, -0.05) is 26.0 Å². The topological polar surface area (TPSA) is 84.2 Å². The highest BCUT2D eigenvalue weighted by molar-refractivity contribution is 8.00. The molecule has 2 heterocycles. The van der Waals surface area contributed by atoms with E-state index in [0.29, 0.717) is 40.6 Å². The first kappa shape index (κ1) is 21.1. The molecule has 0 aliphatic rings. The van der Waals surface area contributed by atoms with Gasteiger partial charge in [-0.2, -0.15) is 0 Å². The zero-order valence-corrected chi connectivity index (χ0v) is 18.2. The third-order valence-corrected chi connectivity index (χ3v) is 5.86. The third kappa shape index (κ3) is 6.20. The van der Waals surface area contributed by atoms with Gasteiger partial charge in [-0.25, -0.2) is 4.98 Å². The van der Waals surface area contributed by atoms with Crippen LogP contribution in [-0.4, -0.2) is 22.6 Å². The van der Waals surface area contributed by atoms with Crippen molar-refractivity contribution in [1.29, 1.82) is 0 Å². The molecule has 0 unspecified atom stereocenters. The van der Waals surface area contributed by atoms with Gasteiger partial charge in [-0.3, -0.25) is 9.59 Å². The molecule has 0 saturated heterocycles. The van der Waals surface area contributed by atoms with Crippen LogP contribution in [0.2, 0.25) is 0 Å². The lowest BCUT2D eigenvalue weighted by Gasteiger charge is -2.06. The van der Waals surface area contributed by atoms with Crippen molar-refractivity contribution < 1.29 is 14.0 Å². The Balaban J connectivity index is 1.51. The Morgan fingerprint density at radius 1 is 1.17 bits per heavy atom. The van der Waals surface area contributed by atoms with Crippen LogP contribution in [0.15, 0.2) is 51.1 Å². The molecule has 0 aliphatic carbocycles. The van der Waals surface area contributed by atoms with E-state index >= 15 is 0 Å². The fourth-order valence-electron chi connectivity index (χ4n) is 2.52. The minimum Gasteiger partial charge on any atom is -0.458 e. The summed E-state index contributed by atoms with van der Waals surface area (Å²) in [5, 5.41) is 7.87. The van der Waals surface area contributed by atoms with Crippen molar-refractivity contribution in [3.63, 3.8) is 0 Å². The molecule has 152 valence electrons. The van der Waals surface area contributed by atoms with Crippen LogP contribution >= 0.6 is 23.1 Å². The first-order valence-electron chi connectivity index (χ1n) is 9.22. The SMILES string of the molecule is CC(=O)NCc1ccc(-c2csc(NC(=O)CSc3ccc(C(C)C)cc3)n2)o1. The number of anilines is 1. The molecule has 0 spiro atoms. The zero-order valence-electron chi connectivity index (χ0n) is 16.5. The van der Waals surface area contributed by atoms with Gasteiger partial charge < -0.3 is 15.1 Å². The number of carbonyl (C=O) groups is 2. The Kier molecular flexibility index (Phi) is 7.11. The minimum atomic E-state index is -0.115. The second-order valence-corrected chi connectivity index (χ2v) is 8.68. The molecule has 2 aromatic heterocycles. The molecule has 8 heteroatoms.